The Hall–Kier alpha value is -3.07. The average molecular weight is 340 g/mol. The summed E-state index contributed by atoms with van der Waals surface area (Å²) in [5.74, 6) is 1.17. The van der Waals surface area contributed by atoms with Crippen molar-refractivity contribution in [2.75, 3.05) is 0 Å². The lowest BCUT2D eigenvalue weighted by molar-refractivity contribution is -0.639. The predicted molar refractivity (Wildman–Crippen MR) is 108 cm³/mol. The highest BCUT2D eigenvalue weighted by atomic mass is 15.3. The molecular weight excluding hydrogens is 318 g/mol. The first-order valence-corrected chi connectivity index (χ1v) is 9.03. The number of hydrogen-bond acceptors (Lipinski definition) is 0. The van der Waals surface area contributed by atoms with E-state index in [0.717, 1.165) is 0 Å². The SMILES string of the molecule is Cc1ccc2c3ccccc3n(-c3n(C)c4ccccc4[n+]3C)c2c1C. The molecule has 0 bridgehead atoms. The number of fused-ring (bicyclic) bond motifs is 4. The topological polar surface area (TPSA) is 13.7 Å². The number of imidazole rings is 1. The lowest BCUT2D eigenvalue weighted by atomic mass is 10.1. The van der Waals surface area contributed by atoms with Crippen LogP contribution < -0.4 is 4.57 Å². The molecule has 0 saturated heterocycles. The summed E-state index contributed by atoms with van der Waals surface area (Å²) in [4.78, 5) is 0. The second-order valence-corrected chi connectivity index (χ2v) is 7.16. The van der Waals surface area contributed by atoms with E-state index in [9.17, 15) is 0 Å². The fourth-order valence-corrected chi connectivity index (χ4v) is 4.30. The minimum Gasteiger partial charge on any atom is -0.230 e. The zero-order valence-electron chi connectivity index (χ0n) is 15.6. The van der Waals surface area contributed by atoms with Crippen molar-refractivity contribution in [2.24, 2.45) is 14.1 Å². The third kappa shape index (κ3) is 1.80. The highest BCUT2D eigenvalue weighted by Gasteiger charge is 2.26. The van der Waals surface area contributed by atoms with Crippen molar-refractivity contribution in [3.8, 4) is 5.95 Å². The van der Waals surface area contributed by atoms with E-state index in [0.29, 0.717) is 0 Å². The van der Waals surface area contributed by atoms with Gasteiger partial charge in [-0.15, -0.1) is 0 Å². The third-order valence-electron chi connectivity index (χ3n) is 5.77. The largest absolute Gasteiger partial charge is 0.370 e. The molecule has 0 radical (unpaired) electrons. The Labute approximate surface area is 152 Å². The van der Waals surface area contributed by atoms with E-state index in [1.165, 1.54) is 49.9 Å². The maximum Gasteiger partial charge on any atom is 0.370 e. The normalized spacial score (nSPS) is 11.8. The Morgan fingerprint density at radius 3 is 2.23 bits per heavy atom. The van der Waals surface area contributed by atoms with Crippen molar-refractivity contribution in [1.82, 2.24) is 9.13 Å². The van der Waals surface area contributed by atoms with Crippen molar-refractivity contribution in [1.29, 1.82) is 0 Å². The summed E-state index contributed by atoms with van der Waals surface area (Å²) in [5, 5.41) is 2.62. The molecule has 0 fully saturated rings. The number of nitrogens with zero attached hydrogens (tertiary/aromatic N) is 3. The van der Waals surface area contributed by atoms with E-state index < -0.39 is 0 Å². The molecule has 5 rings (SSSR count). The number of rotatable bonds is 1. The van der Waals surface area contributed by atoms with Crippen molar-refractivity contribution in [3.05, 3.63) is 71.8 Å². The number of para-hydroxylation sites is 3. The molecule has 0 aliphatic heterocycles. The monoisotopic (exact) mass is 340 g/mol. The van der Waals surface area contributed by atoms with Crippen LogP contribution in [0.2, 0.25) is 0 Å². The maximum atomic E-state index is 2.42. The minimum absolute atomic E-state index is 1.17. The fraction of sp³-hybridized carbons (Fsp3) is 0.174. The zero-order valence-corrected chi connectivity index (χ0v) is 15.6. The van der Waals surface area contributed by atoms with Gasteiger partial charge in [-0.2, -0.15) is 4.57 Å². The molecule has 0 atom stereocenters. The smallest absolute Gasteiger partial charge is 0.230 e. The molecule has 0 saturated carbocycles. The highest BCUT2D eigenvalue weighted by Crippen LogP contribution is 2.34. The zero-order chi connectivity index (χ0) is 18.0. The van der Waals surface area contributed by atoms with Crippen molar-refractivity contribution in [2.45, 2.75) is 13.8 Å². The molecule has 0 amide bonds. The molecule has 3 nitrogen and oxygen atoms in total. The van der Waals surface area contributed by atoms with Crippen LogP contribution in [0.1, 0.15) is 11.1 Å². The molecule has 0 spiro atoms. The molecule has 2 heterocycles. The van der Waals surface area contributed by atoms with Crippen molar-refractivity contribution >= 4 is 32.8 Å². The van der Waals surface area contributed by atoms with Crippen LogP contribution in [0, 0.1) is 13.8 Å². The van der Waals surface area contributed by atoms with E-state index in [4.69, 9.17) is 0 Å². The van der Waals surface area contributed by atoms with Gasteiger partial charge in [0.25, 0.3) is 0 Å². The van der Waals surface area contributed by atoms with Crippen LogP contribution in [0.4, 0.5) is 0 Å². The molecule has 3 aromatic carbocycles. The summed E-state index contributed by atoms with van der Waals surface area (Å²) in [6, 6.07) is 21.8. The molecule has 0 aliphatic rings. The number of benzene rings is 3. The molecule has 0 aliphatic carbocycles. The molecule has 5 aromatic rings. The van der Waals surface area contributed by atoms with Gasteiger partial charge in [0, 0.05) is 10.8 Å². The first-order valence-electron chi connectivity index (χ1n) is 9.03. The molecule has 2 aromatic heterocycles. The molecular formula is C23H22N3+. The Morgan fingerprint density at radius 2 is 1.46 bits per heavy atom. The molecule has 0 N–H and O–H groups in total. The van der Waals surface area contributed by atoms with Gasteiger partial charge < -0.3 is 0 Å². The summed E-state index contributed by atoms with van der Waals surface area (Å²) >= 11 is 0. The molecule has 0 unspecified atom stereocenters. The van der Waals surface area contributed by atoms with Gasteiger partial charge in [-0.05, 0) is 43.2 Å². The van der Waals surface area contributed by atoms with Crippen LogP contribution in [-0.2, 0) is 14.1 Å². The number of hydrogen-bond donors (Lipinski definition) is 0. The van der Waals surface area contributed by atoms with Gasteiger partial charge in [-0.3, -0.25) is 0 Å². The van der Waals surface area contributed by atoms with E-state index in [1.807, 2.05) is 0 Å². The van der Waals surface area contributed by atoms with Crippen LogP contribution in [0.3, 0.4) is 0 Å². The van der Waals surface area contributed by atoms with Crippen LogP contribution in [0.15, 0.2) is 60.7 Å². The molecule has 128 valence electrons. The van der Waals surface area contributed by atoms with Gasteiger partial charge in [0.1, 0.15) is 22.1 Å². The van der Waals surface area contributed by atoms with Crippen LogP contribution in [0.5, 0.6) is 0 Å². The first kappa shape index (κ1) is 15.2. The summed E-state index contributed by atoms with van der Waals surface area (Å²) in [6.07, 6.45) is 0. The van der Waals surface area contributed by atoms with Crippen LogP contribution >= 0.6 is 0 Å². The lowest BCUT2D eigenvalue weighted by Gasteiger charge is -2.06. The second kappa shape index (κ2) is 5.21. The van der Waals surface area contributed by atoms with Gasteiger partial charge in [-0.1, -0.05) is 42.5 Å². The summed E-state index contributed by atoms with van der Waals surface area (Å²) in [6.45, 7) is 4.42. The fourth-order valence-electron chi connectivity index (χ4n) is 4.30. The van der Waals surface area contributed by atoms with Gasteiger partial charge in [0.15, 0.2) is 0 Å². The summed E-state index contributed by atoms with van der Waals surface area (Å²) in [7, 11) is 4.31. The van der Waals surface area contributed by atoms with E-state index in [2.05, 4.69) is 102 Å². The Morgan fingerprint density at radius 1 is 0.769 bits per heavy atom. The van der Waals surface area contributed by atoms with Gasteiger partial charge in [-0.25, -0.2) is 9.13 Å². The van der Waals surface area contributed by atoms with Gasteiger partial charge in [0.2, 0.25) is 0 Å². The highest BCUT2D eigenvalue weighted by molar-refractivity contribution is 6.10. The maximum absolute atomic E-state index is 2.42. The number of aryl methyl sites for hydroxylation is 4. The van der Waals surface area contributed by atoms with Crippen LogP contribution in [-0.4, -0.2) is 9.13 Å². The first-order chi connectivity index (χ1) is 12.6. The second-order valence-electron chi connectivity index (χ2n) is 7.16. The average Bonchev–Trinajstić information content (AvgIpc) is 3.12. The predicted octanol–water partition coefficient (Wildman–Crippen LogP) is 4.72. The Kier molecular flexibility index (Phi) is 3.05. The Bertz CT molecular complexity index is 1280. The van der Waals surface area contributed by atoms with Crippen LogP contribution in [0.25, 0.3) is 38.8 Å². The van der Waals surface area contributed by atoms with Gasteiger partial charge >= 0.3 is 5.95 Å². The molecule has 3 heteroatoms. The van der Waals surface area contributed by atoms with E-state index in [1.54, 1.807) is 0 Å². The number of aromatic nitrogens is 3. The van der Waals surface area contributed by atoms with E-state index >= 15 is 0 Å². The summed E-state index contributed by atoms with van der Waals surface area (Å²) in [5.41, 5.74) is 7.68. The quantitative estimate of drug-likeness (QED) is 0.392. The van der Waals surface area contributed by atoms with Crippen molar-refractivity contribution in [3.63, 3.8) is 0 Å². The molecule has 26 heavy (non-hydrogen) atoms. The van der Waals surface area contributed by atoms with E-state index in [-0.39, 0.29) is 0 Å². The van der Waals surface area contributed by atoms with Gasteiger partial charge in [0.05, 0.1) is 14.1 Å². The standard InChI is InChI=1S/C23H22N3/c1-15-13-14-18-17-9-5-6-10-19(17)26(22(18)16(15)2)23-24(3)20-11-7-8-12-21(20)25(23)4/h5-14H,1-4H3/q+1. The third-order valence-corrected chi connectivity index (χ3v) is 5.77. The Balaban J connectivity index is 2.07. The lowest BCUT2D eigenvalue weighted by Crippen LogP contribution is -2.33. The minimum atomic E-state index is 1.17. The summed E-state index contributed by atoms with van der Waals surface area (Å²) < 4.78 is 7.01. The van der Waals surface area contributed by atoms with Crippen molar-refractivity contribution < 1.29 is 4.57 Å².